The molecule has 1 aliphatic heterocycles. The molecule has 136 valence electrons. The van der Waals surface area contributed by atoms with Crippen molar-refractivity contribution in [3.05, 3.63) is 36.5 Å². The number of ether oxygens (including phenoxy) is 1. The number of carbonyl (C=O) groups is 2. The van der Waals surface area contributed by atoms with Gasteiger partial charge < -0.3 is 15.0 Å². The number of nitrogens with zero attached hydrogens (tertiary/aromatic N) is 1. The van der Waals surface area contributed by atoms with Gasteiger partial charge in [-0.1, -0.05) is 0 Å². The van der Waals surface area contributed by atoms with Gasteiger partial charge in [-0.2, -0.15) is 13.2 Å². The molecule has 0 spiro atoms. The molecule has 1 saturated heterocycles. The van der Waals surface area contributed by atoms with Gasteiger partial charge in [-0.3, -0.25) is 9.59 Å². The van der Waals surface area contributed by atoms with Crippen LogP contribution in [0, 0.1) is 0 Å². The number of allylic oxidation sites excluding steroid dienone is 1. The highest BCUT2D eigenvalue weighted by atomic mass is 19.4. The second-order valence-corrected chi connectivity index (χ2v) is 5.52. The molecule has 5 nitrogen and oxygen atoms in total. The minimum absolute atomic E-state index is 0.328. The third-order valence-corrected chi connectivity index (χ3v) is 3.73. The Morgan fingerprint density at radius 2 is 2.00 bits per heavy atom. The van der Waals surface area contributed by atoms with Crippen molar-refractivity contribution in [1.29, 1.82) is 0 Å². The lowest BCUT2D eigenvalue weighted by Gasteiger charge is -2.22. The van der Waals surface area contributed by atoms with E-state index in [0.29, 0.717) is 43.5 Å². The van der Waals surface area contributed by atoms with Crippen LogP contribution >= 0.6 is 0 Å². The molecule has 1 heterocycles. The summed E-state index contributed by atoms with van der Waals surface area (Å²) in [7, 11) is 0. The summed E-state index contributed by atoms with van der Waals surface area (Å²) in [4.78, 5) is 24.7. The molecule has 0 radical (unpaired) electrons. The van der Waals surface area contributed by atoms with E-state index in [1.54, 1.807) is 24.3 Å². The zero-order valence-electron chi connectivity index (χ0n) is 13.7. The third kappa shape index (κ3) is 5.23. The van der Waals surface area contributed by atoms with E-state index in [9.17, 15) is 22.8 Å². The van der Waals surface area contributed by atoms with Gasteiger partial charge in [0, 0.05) is 24.5 Å². The molecular formula is C17H19F3N2O3. The van der Waals surface area contributed by atoms with Crippen molar-refractivity contribution in [1.82, 2.24) is 4.90 Å². The van der Waals surface area contributed by atoms with E-state index in [2.05, 4.69) is 5.32 Å². The van der Waals surface area contributed by atoms with Crippen LogP contribution in [-0.4, -0.2) is 42.0 Å². The maximum Gasteiger partial charge on any atom is 0.454 e. The Bertz CT molecular complexity index is 642. The Balaban J connectivity index is 1.98. The zero-order chi connectivity index (χ0) is 18.4. The number of nitrogens with one attached hydrogen (secondary N) is 1. The number of anilines is 1. The van der Waals surface area contributed by atoms with Crippen LogP contribution in [0.5, 0.6) is 5.75 Å². The van der Waals surface area contributed by atoms with Crippen molar-refractivity contribution in [2.75, 3.05) is 18.5 Å². The first-order chi connectivity index (χ1) is 11.8. The molecule has 0 bridgehead atoms. The van der Waals surface area contributed by atoms with Crippen LogP contribution in [0.3, 0.4) is 0 Å². The van der Waals surface area contributed by atoms with Crippen molar-refractivity contribution >= 4 is 17.4 Å². The number of benzene rings is 1. The molecule has 1 amide bonds. The van der Waals surface area contributed by atoms with Gasteiger partial charge in [-0.05, 0) is 44.0 Å². The summed E-state index contributed by atoms with van der Waals surface area (Å²) in [6, 6.07) is 6.20. The van der Waals surface area contributed by atoms with Gasteiger partial charge in [0.15, 0.2) is 0 Å². The van der Waals surface area contributed by atoms with Crippen molar-refractivity contribution in [2.24, 2.45) is 0 Å². The molecule has 2 rings (SSSR count). The molecule has 1 atom stereocenters. The highest BCUT2D eigenvalue weighted by Crippen LogP contribution is 2.22. The zero-order valence-corrected chi connectivity index (χ0v) is 13.7. The molecule has 0 saturated carbocycles. The monoisotopic (exact) mass is 356 g/mol. The Labute approximate surface area is 143 Å². The van der Waals surface area contributed by atoms with Gasteiger partial charge in [0.1, 0.15) is 11.8 Å². The maximum atomic E-state index is 12.4. The number of alkyl halides is 3. The van der Waals surface area contributed by atoms with Crippen LogP contribution in [0.15, 0.2) is 36.5 Å². The van der Waals surface area contributed by atoms with E-state index >= 15 is 0 Å². The highest BCUT2D eigenvalue weighted by Gasteiger charge is 2.37. The molecule has 1 N–H and O–H groups in total. The molecule has 1 aromatic rings. The molecule has 0 aromatic heterocycles. The third-order valence-electron chi connectivity index (χ3n) is 3.73. The van der Waals surface area contributed by atoms with E-state index in [-0.39, 0.29) is 5.91 Å². The first kappa shape index (κ1) is 18.8. The quantitative estimate of drug-likeness (QED) is 0.796. The Hall–Kier alpha value is -2.51. The Kier molecular flexibility index (Phi) is 6.06. The molecule has 0 unspecified atom stereocenters. The average molecular weight is 356 g/mol. The number of amides is 1. The fraction of sp³-hybridized carbons (Fsp3) is 0.412. The Morgan fingerprint density at radius 1 is 1.32 bits per heavy atom. The summed E-state index contributed by atoms with van der Waals surface area (Å²) < 4.78 is 42.0. The summed E-state index contributed by atoms with van der Waals surface area (Å²) in [5.41, 5.74) is 0.565. The van der Waals surface area contributed by atoms with E-state index in [0.717, 1.165) is 6.20 Å². The number of rotatable bonds is 6. The number of hydrogen-bond donors (Lipinski definition) is 1. The number of hydrogen-bond acceptors (Lipinski definition) is 4. The van der Waals surface area contributed by atoms with Gasteiger partial charge in [0.25, 0.3) is 5.78 Å². The topological polar surface area (TPSA) is 58.6 Å². The molecule has 1 aliphatic rings. The minimum atomic E-state index is -4.91. The SMILES string of the molecule is CCOc1ccc(NC(=O)[C@@H]2CCCN2/C=C/C(=O)C(F)(F)F)cc1. The number of ketones is 1. The first-order valence-corrected chi connectivity index (χ1v) is 7.90. The van der Waals surface area contributed by atoms with Crippen LogP contribution in [0.25, 0.3) is 0 Å². The van der Waals surface area contributed by atoms with Crippen LogP contribution in [0.1, 0.15) is 19.8 Å². The van der Waals surface area contributed by atoms with E-state index < -0.39 is 18.0 Å². The minimum Gasteiger partial charge on any atom is -0.494 e. The fourth-order valence-electron chi connectivity index (χ4n) is 2.53. The number of carbonyl (C=O) groups excluding carboxylic acids is 2. The summed E-state index contributed by atoms with van der Waals surface area (Å²) >= 11 is 0. The first-order valence-electron chi connectivity index (χ1n) is 7.90. The summed E-state index contributed by atoms with van der Waals surface area (Å²) in [5, 5.41) is 2.72. The predicted molar refractivity (Wildman–Crippen MR) is 86.2 cm³/mol. The van der Waals surface area contributed by atoms with Crippen molar-refractivity contribution in [2.45, 2.75) is 32.0 Å². The van der Waals surface area contributed by atoms with Crippen LogP contribution in [-0.2, 0) is 9.59 Å². The van der Waals surface area contributed by atoms with Crippen molar-refractivity contribution in [3.63, 3.8) is 0 Å². The Morgan fingerprint density at radius 3 is 2.60 bits per heavy atom. The summed E-state index contributed by atoms with van der Waals surface area (Å²) in [6.45, 7) is 2.82. The second kappa shape index (κ2) is 8.04. The lowest BCUT2D eigenvalue weighted by Crippen LogP contribution is -2.36. The highest BCUT2D eigenvalue weighted by molar-refractivity contribution is 5.96. The average Bonchev–Trinajstić information content (AvgIpc) is 3.02. The van der Waals surface area contributed by atoms with Crippen LogP contribution in [0.4, 0.5) is 18.9 Å². The van der Waals surface area contributed by atoms with Gasteiger partial charge in [-0.25, -0.2) is 0 Å². The molecule has 1 fully saturated rings. The number of halogens is 3. The van der Waals surface area contributed by atoms with Crippen molar-refractivity contribution < 1.29 is 27.5 Å². The van der Waals surface area contributed by atoms with E-state index in [1.165, 1.54) is 4.90 Å². The molecule has 8 heteroatoms. The maximum absolute atomic E-state index is 12.4. The molecular weight excluding hydrogens is 337 g/mol. The molecule has 1 aromatic carbocycles. The van der Waals surface area contributed by atoms with Crippen LogP contribution < -0.4 is 10.1 Å². The largest absolute Gasteiger partial charge is 0.494 e. The second-order valence-electron chi connectivity index (χ2n) is 5.52. The lowest BCUT2D eigenvalue weighted by atomic mass is 10.2. The smallest absolute Gasteiger partial charge is 0.454 e. The van der Waals surface area contributed by atoms with Gasteiger partial charge in [0.05, 0.1) is 6.61 Å². The summed E-state index contributed by atoms with van der Waals surface area (Å²) in [5.74, 6) is -1.59. The molecule has 0 aliphatic carbocycles. The normalized spacial score (nSPS) is 17.8. The lowest BCUT2D eigenvalue weighted by molar-refractivity contribution is -0.165. The van der Waals surface area contributed by atoms with Gasteiger partial charge >= 0.3 is 6.18 Å². The van der Waals surface area contributed by atoms with E-state index in [1.807, 2.05) is 6.92 Å². The number of likely N-dealkylation sites (tertiary alicyclic amines) is 1. The van der Waals surface area contributed by atoms with E-state index in [4.69, 9.17) is 4.74 Å². The summed E-state index contributed by atoms with van der Waals surface area (Å²) in [6.07, 6.45) is -2.23. The van der Waals surface area contributed by atoms with Crippen LogP contribution in [0.2, 0.25) is 0 Å². The van der Waals surface area contributed by atoms with Gasteiger partial charge in [-0.15, -0.1) is 0 Å². The van der Waals surface area contributed by atoms with Gasteiger partial charge in [0.2, 0.25) is 5.91 Å². The predicted octanol–water partition coefficient (Wildman–Crippen LogP) is 3.13. The molecule has 25 heavy (non-hydrogen) atoms. The fourth-order valence-corrected chi connectivity index (χ4v) is 2.53. The standard InChI is InChI=1S/C17H19F3N2O3/c1-2-25-13-7-5-12(6-8-13)21-16(24)14-4-3-10-22(14)11-9-15(23)17(18,19)20/h5-9,11,14H,2-4,10H2,1H3,(H,21,24)/b11-9+/t14-/m0/s1. The van der Waals surface area contributed by atoms with Crippen molar-refractivity contribution in [3.8, 4) is 5.75 Å².